The van der Waals surface area contributed by atoms with Crippen molar-refractivity contribution in [3.05, 3.63) is 47.1 Å². The second kappa shape index (κ2) is 6.79. The van der Waals surface area contributed by atoms with E-state index in [4.69, 9.17) is 4.74 Å². The highest BCUT2D eigenvalue weighted by Crippen LogP contribution is 2.43. The van der Waals surface area contributed by atoms with Gasteiger partial charge in [0.2, 0.25) is 0 Å². The zero-order valence-corrected chi connectivity index (χ0v) is 14.2. The van der Waals surface area contributed by atoms with Crippen molar-refractivity contribution < 1.29 is 4.74 Å². The van der Waals surface area contributed by atoms with Gasteiger partial charge in [0, 0.05) is 0 Å². The molecule has 0 aromatic heterocycles. The Bertz CT molecular complexity index is 492. The summed E-state index contributed by atoms with van der Waals surface area (Å²) < 4.78 is 5.94. The Hall–Kier alpha value is -1.08. The average molecular weight is 286 g/mol. The zero-order valence-electron chi connectivity index (χ0n) is 14.2. The van der Waals surface area contributed by atoms with E-state index in [0.717, 1.165) is 38.5 Å². The van der Waals surface area contributed by atoms with Gasteiger partial charge in [-0.1, -0.05) is 41.5 Å². The van der Waals surface area contributed by atoms with E-state index in [9.17, 15) is 0 Å². The molecule has 0 radical (unpaired) electrons. The monoisotopic (exact) mass is 286 g/mol. The third-order valence-electron chi connectivity index (χ3n) is 4.88. The number of fused-ring (bicyclic) bond motifs is 1. The van der Waals surface area contributed by atoms with Crippen LogP contribution >= 0.6 is 0 Å². The summed E-state index contributed by atoms with van der Waals surface area (Å²) in [7, 11) is 0. The molecule has 21 heavy (non-hydrogen) atoms. The molecule has 1 aliphatic heterocycles. The first-order valence-electron chi connectivity index (χ1n) is 8.26. The zero-order chi connectivity index (χ0) is 15.5. The van der Waals surface area contributed by atoms with Gasteiger partial charge < -0.3 is 4.74 Å². The summed E-state index contributed by atoms with van der Waals surface area (Å²) in [5.41, 5.74) is 5.64. The molecular weight excluding hydrogens is 256 g/mol. The third-order valence-corrected chi connectivity index (χ3v) is 4.88. The number of hydrogen-bond donors (Lipinski definition) is 0. The van der Waals surface area contributed by atoms with E-state index >= 15 is 0 Å². The largest absolute Gasteiger partial charge is 0.366 e. The van der Waals surface area contributed by atoms with Gasteiger partial charge in [-0.3, -0.25) is 0 Å². The standard InChI is InChI=1S/C20H30O/c1-15(2)18-11-8-16(3)7-6-14-20(5)19(21-20)13-10-17(4)9-12-18/h7,9,12,19H,1,6,8,10-11,13-14H2,2-5H3/b16-7+,17-9+,18-12+. The lowest BCUT2D eigenvalue weighted by Crippen LogP contribution is -2.09. The van der Waals surface area contributed by atoms with Crippen LogP contribution in [0.15, 0.2) is 47.1 Å². The van der Waals surface area contributed by atoms with Crippen LogP contribution in [0.5, 0.6) is 0 Å². The van der Waals surface area contributed by atoms with Crippen LogP contribution in [0.4, 0.5) is 0 Å². The van der Waals surface area contributed by atoms with Gasteiger partial charge in [-0.2, -0.15) is 0 Å². The second-order valence-corrected chi connectivity index (χ2v) is 7.03. The molecule has 0 aromatic rings. The van der Waals surface area contributed by atoms with Crippen molar-refractivity contribution in [3.8, 4) is 0 Å². The van der Waals surface area contributed by atoms with E-state index in [1.54, 1.807) is 0 Å². The van der Waals surface area contributed by atoms with Crippen molar-refractivity contribution in [3.63, 3.8) is 0 Å². The Morgan fingerprint density at radius 2 is 1.95 bits per heavy atom. The van der Waals surface area contributed by atoms with E-state index in [-0.39, 0.29) is 5.60 Å². The highest BCUT2D eigenvalue weighted by Gasteiger charge is 2.50. The predicted molar refractivity (Wildman–Crippen MR) is 91.4 cm³/mol. The number of rotatable bonds is 1. The molecule has 2 unspecified atom stereocenters. The van der Waals surface area contributed by atoms with Crippen molar-refractivity contribution in [2.75, 3.05) is 0 Å². The van der Waals surface area contributed by atoms with E-state index in [2.05, 4.69) is 52.5 Å². The number of epoxide rings is 1. The van der Waals surface area contributed by atoms with Crippen molar-refractivity contribution >= 4 is 0 Å². The van der Waals surface area contributed by atoms with Gasteiger partial charge in [-0.25, -0.2) is 0 Å². The minimum absolute atomic E-state index is 0.139. The molecule has 2 rings (SSSR count). The topological polar surface area (TPSA) is 12.5 Å². The fourth-order valence-electron chi connectivity index (χ4n) is 3.04. The maximum Gasteiger partial charge on any atom is 0.0923 e. The van der Waals surface area contributed by atoms with Gasteiger partial charge in [-0.15, -0.1) is 0 Å². The molecule has 1 nitrogen and oxygen atoms in total. The molecule has 0 spiro atoms. The molecular formula is C20H30O. The van der Waals surface area contributed by atoms with Crippen LogP contribution in [-0.2, 0) is 4.74 Å². The Morgan fingerprint density at radius 1 is 1.19 bits per heavy atom. The summed E-state index contributed by atoms with van der Waals surface area (Å²) >= 11 is 0. The van der Waals surface area contributed by atoms with Crippen LogP contribution in [0.2, 0.25) is 0 Å². The van der Waals surface area contributed by atoms with Crippen LogP contribution < -0.4 is 0 Å². The van der Waals surface area contributed by atoms with Gasteiger partial charge in [-0.05, 0) is 71.8 Å². The summed E-state index contributed by atoms with van der Waals surface area (Å²) in [6.45, 7) is 13.0. The van der Waals surface area contributed by atoms with Crippen LogP contribution in [0.1, 0.15) is 66.2 Å². The molecule has 116 valence electrons. The van der Waals surface area contributed by atoms with E-state index < -0.39 is 0 Å². The van der Waals surface area contributed by atoms with Crippen LogP contribution in [0.25, 0.3) is 0 Å². The first kappa shape index (κ1) is 16.3. The van der Waals surface area contributed by atoms with Gasteiger partial charge in [0.15, 0.2) is 0 Å². The van der Waals surface area contributed by atoms with E-state index in [1.165, 1.54) is 22.3 Å². The summed E-state index contributed by atoms with van der Waals surface area (Å²) in [4.78, 5) is 0. The predicted octanol–water partition coefficient (Wildman–Crippen LogP) is 5.89. The van der Waals surface area contributed by atoms with Crippen molar-refractivity contribution in [1.29, 1.82) is 0 Å². The smallest absolute Gasteiger partial charge is 0.0923 e. The molecule has 2 atom stereocenters. The molecule has 0 bridgehead atoms. The first-order valence-corrected chi connectivity index (χ1v) is 8.26. The molecule has 1 heteroatoms. The van der Waals surface area contributed by atoms with Gasteiger partial charge in [0.05, 0.1) is 11.7 Å². The Kier molecular flexibility index (Phi) is 5.27. The van der Waals surface area contributed by atoms with Crippen molar-refractivity contribution in [2.45, 2.75) is 77.9 Å². The highest BCUT2D eigenvalue weighted by atomic mass is 16.6. The fraction of sp³-hybridized carbons (Fsp3) is 0.600. The normalized spacial score (nSPS) is 38.7. The molecule has 1 heterocycles. The second-order valence-electron chi connectivity index (χ2n) is 7.03. The molecule has 0 saturated carbocycles. The van der Waals surface area contributed by atoms with Gasteiger partial charge in [0.25, 0.3) is 0 Å². The lowest BCUT2D eigenvalue weighted by atomic mass is 9.94. The summed E-state index contributed by atoms with van der Waals surface area (Å²) in [5, 5.41) is 0. The van der Waals surface area contributed by atoms with Crippen LogP contribution in [0.3, 0.4) is 0 Å². The lowest BCUT2D eigenvalue weighted by molar-refractivity contribution is 0.295. The molecule has 1 saturated heterocycles. The summed E-state index contributed by atoms with van der Waals surface area (Å²) in [6.07, 6.45) is 14.2. The summed E-state index contributed by atoms with van der Waals surface area (Å²) in [6, 6.07) is 0. The fourth-order valence-corrected chi connectivity index (χ4v) is 3.04. The Morgan fingerprint density at radius 3 is 2.67 bits per heavy atom. The molecule has 1 fully saturated rings. The van der Waals surface area contributed by atoms with Crippen molar-refractivity contribution in [2.24, 2.45) is 0 Å². The number of allylic oxidation sites excluding steroid dienone is 7. The van der Waals surface area contributed by atoms with Gasteiger partial charge in [0.1, 0.15) is 0 Å². The van der Waals surface area contributed by atoms with E-state index in [0.29, 0.717) is 6.10 Å². The Balaban J connectivity index is 2.12. The maximum atomic E-state index is 5.94. The minimum Gasteiger partial charge on any atom is -0.366 e. The third kappa shape index (κ3) is 4.71. The lowest BCUT2D eigenvalue weighted by Gasteiger charge is -2.09. The first-order chi connectivity index (χ1) is 9.90. The summed E-state index contributed by atoms with van der Waals surface area (Å²) in [5.74, 6) is 0. The molecule has 0 amide bonds. The highest BCUT2D eigenvalue weighted by molar-refractivity contribution is 5.31. The molecule has 2 aliphatic rings. The molecule has 1 aliphatic carbocycles. The van der Waals surface area contributed by atoms with Crippen LogP contribution in [-0.4, -0.2) is 11.7 Å². The van der Waals surface area contributed by atoms with Crippen molar-refractivity contribution in [1.82, 2.24) is 0 Å². The Labute approximate surface area is 130 Å². The minimum atomic E-state index is 0.139. The van der Waals surface area contributed by atoms with Gasteiger partial charge >= 0.3 is 0 Å². The molecule has 0 N–H and O–H groups in total. The maximum absolute atomic E-state index is 5.94. The SMILES string of the molecule is C=C(C)/C1=C/C=C(\C)CCC2OC2(C)CC/C=C(\C)CC1. The number of ether oxygens (including phenoxy) is 1. The molecule has 0 aromatic carbocycles. The van der Waals surface area contributed by atoms with E-state index in [1.807, 2.05) is 0 Å². The van der Waals surface area contributed by atoms with Crippen LogP contribution in [0, 0.1) is 0 Å². The number of hydrogen-bond acceptors (Lipinski definition) is 1. The average Bonchev–Trinajstić information content (AvgIpc) is 3.06. The quantitative estimate of drug-likeness (QED) is 0.432.